The van der Waals surface area contributed by atoms with Gasteiger partial charge in [-0.2, -0.15) is 0 Å². The normalized spacial score (nSPS) is 15.5. The largest absolute Gasteiger partial charge is 0.360 e. The van der Waals surface area contributed by atoms with Gasteiger partial charge in [-0.15, -0.1) is 6.42 Å². The first-order valence-electron chi connectivity index (χ1n) is 7.87. The Morgan fingerprint density at radius 2 is 2.24 bits per heavy atom. The molecule has 1 aromatic carbocycles. The summed E-state index contributed by atoms with van der Waals surface area (Å²) in [5, 5.41) is 3.58. The maximum absolute atomic E-state index is 5.58. The minimum atomic E-state index is 0.330. The van der Waals surface area contributed by atoms with E-state index in [2.05, 4.69) is 64.1 Å². The molecular weight excluding hydrogens is 324 g/mol. The second-order valence-electron chi connectivity index (χ2n) is 5.91. The lowest BCUT2D eigenvalue weighted by molar-refractivity contribution is 0.568. The maximum atomic E-state index is 5.58. The van der Waals surface area contributed by atoms with Crippen LogP contribution in [0.4, 0.5) is 5.69 Å². The third-order valence-corrected chi connectivity index (χ3v) is 4.45. The van der Waals surface area contributed by atoms with Crippen LogP contribution in [0.25, 0.3) is 0 Å². The zero-order valence-electron chi connectivity index (χ0n) is 13.0. The van der Waals surface area contributed by atoms with E-state index in [1.807, 2.05) is 0 Å². The van der Waals surface area contributed by atoms with Gasteiger partial charge in [0, 0.05) is 22.7 Å². The summed E-state index contributed by atoms with van der Waals surface area (Å²) in [5.41, 5.74) is 2.60. The van der Waals surface area contributed by atoms with Crippen molar-refractivity contribution in [3.8, 4) is 12.3 Å². The Morgan fingerprint density at radius 1 is 1.48 bits per heavy atom. The number of anilines is 1. The van der Waals surface area contributed by atoms with Crippen LogP contribution in [0.2, 0.25) is 0 Å². The fourth-order valence-electron chi connectivity index (χ4n) is 2.60. The number of nitrogens with one attached hydrogen (secondary N) is 1. The predicted molar refractivity (Wildman–Crippen MR) is 94.6 cm³/mol. The molecule has 21 heavy (non-hydrogen) atoms. The minimum Gasteiger partial charge on any atom is -0.360 e. The van der Waals surface area contributed by atoms with Crippen molar-refractivity contribution in [2.45, 2.75) is 39.2 Å². The van der Waals surface area contributed by atoms with Crippen molar-refractivity contribution in [3.63, 3.8) is 0 Å². The molecule has 1 fully saturated rings. The van der Waals surface area contributed by atoms with E-state index in [1.54, 1.807) is 0 Å². The summed E-state index contributed by atoms with van der Waals surface area (Å²) in [7, 11) is 0. The molecule has 1 aromatic rings. The van der Waals surface area contributed by atoms with Crippen molar-refractivity contribution in [3.05, 3.63) is 28.2 Å². The lowest BCUT2D eigenvalue weighted by atomic mass is 10.0. The molecule has 1 N–H and O–H groups in total. The van der Waals surface area contributed by atoms with E-state index in [-0.39, 0.29) is 0 Å². The molecule has 0 saturated heterocycles. The van der Waals surface area contributed by atoms with Crippen LogP contribution in [0.3, 0.4) is 0 Å². The van der Waals surface area contributed by atoms with Crippen molar-refractivity contribution in [1.82, 2.24) is 5.32 Å². The zero-order valence-corrected chi connectivity index (χ0v) is 14.6. The van der Waals surface area contributed by atoms with Crippen molar-refractivity contribution in [2.75, 3.05) is 24.5 Å². The van der Waals surface area contributed by atoms with Crippen LogP contribution < -0.4 is 10.2 Å². The fraction of sp³-hybridized carbons (Fsp3) is 0.556. The summed E-state index contributed by atoms with van der Waals surface area (Å²) >= 11 is 3.60. The van der Waals surface area contributed by atoms with Crippen LogP contribution in [0.1, 0.15) is 44.7 Å². The maximum Gasteiger partial charge on any atom is 0.0791 e. The third-order valence-electron chi connectivity index (χ3n) is 3.95. The molecule has 0 spiro atoms. The Hall–Kier alpha value is -0.980. The van der Waals surface area contributed by atoms with Crippen molar-refractivity contribution in [2.24, 2.45) is 5.92 Å². The highest BCUT2D eigenvalue weighted by Crippen LogP contribution is 2.34. The van der Waals surface area contributed by atoms with Gasteiger partial charge in [0.05, 0.1) is 6.54 Å². The Labute approximate surface area is 137 Å². The summed E-state index contributed by atoms with van der Waals surface area (Å²) in [6.07, 6.45) is 9.41. The van der Waals surface area contributed by atoms with Crippen LogP contribution in [0.15, 0.2) is 22.7 Å². The second-order valence-corrected chi connectivity index (χ2v) is 6.82. The standard InChI is InChI=1S/C18H25BrN2/c1-4-10-20-14(3)17-12-16(19)8-9-18(17)21(11-5-2)13-15-6-7-15/h2,8-9,12,14-15,20H,4,6-7,10-11,13H2,1,3H3. The number of nitrogens with zero attached hydrogens (tertiary/aromatic N) is 1. The molecule has 1 aliphatic rings. The monoisotopic (exact) mass is 348 g/mol. The number of rotatable bonds is 8. The lowest BCUT2D eigenvalue weighted by Crippen LogP contribution is -2.29. The summed E-state index contributed by atoms with van der Waals surface area (Å²) in [6.45, 7) is 7.22. The van der Waals surface area contributed by atoms with Crippen LogP contribution >= 0.6 is 15.9 Å². The van der Waals surface area contributed by atoms with Crippen molar-refractivity contribution in [1.29, 1.82) is 0 Å². The van der Waals surface area contributed by atoms with E-state index in [4.69, 9.17) is 6.42 Å². The van der Waals surface area contributed by atoms with Gasteiger partial charge in [-0.05, 0) is 62.4 Å². The highest BCUT2D eigenvalue weighted by molar-refractivity contribution is 9.10. The number of terminal acetylenes is 1. The highest BCUT2D eigenvalue weighted by Gasteiger charge is 2.25. The Bertz CT molecular complexity index is 502. The summed E-state index contributed by atoms with van der Waals surface area (Å²) in [6, 6.07) is 6.86. The predicted octanol–water partition coefficient (Wildman–Crippen LogP) is 4.36. The summed E-state index contributed by atoms with van der Waals surface area (Å²) in [4.78, 5) is 2.36. The summed E-state index contributed by atoms with van der Waals surface area (Å²) in [5.74, 6) is 3.64. The van der Waals surface area contributed by atoms with E-state index in [1.165, 1.54) is 24.1 Å². The third kappa shape index (κ3) is 4.76. The molecule has 0 heterocycles. The van der Waals surface area contributed by atoms with Gasteiger partial charge in [-0.3, -0.25) is 0 Å². The number of benzene rings is 1. The van der Waals surface area contributed by atoms with Crippen LogP contribution in [0.5, 0.6) is 0 Å². The number of halogens is 1. The molecule has 0 bridgehead atoms. The van der Waals surface area contributed by atoms with Gasteiger partial charge in [-0.1, -0.05) is 28.8 Å². The average molecular weight is 349 g/mol. The van der Waals surface area contributed by atoms with Gasteiger partial charge in [-0.25, -0.2) is 0 Å². The van der Waals surface area contributed by atoms with Gasteiger partial charge in [0.2, 0.25) is 0 Å². The smallest absolute Gasteiger partial charge is 0.0791 e. The molecule has 1 unspecified atom stereocenters. The molecule has 0 aliphatic heterocycles. The Balaban J connectivity index is 2.24. The molecule has 2 nitrogen and oxygen atoms in total. The van der Waals surface area contributed by atoms with Crippen LogP contribution in [0, 0.1) is 18.3 Å². The lowest BCUT2D eigenvalue weighted by Gasteiger charge is -2.28. The van der Waals surface area contributed by atoms with Crippen molar-refractivity contribution >= 4 is 21.6 Å². The van der Waals surface area contributed by atoms with E-state index >= 15 is 0 Å². The molecule has 2 rings (SSSR count). The first-order chi connectivity index (χ1) is 10.2. The molecule has 114 valence electrons. The van der Waals surface area contributed by atoms with E-state index in [9.17, 15) is 0 Å². The number of hydrogen-bond acceptors (Lipinski definition) is 2. The summed E-state index contributed by atoms with van der Waals surface area (Å²) < 4.78 is 1.12. The van der Waals surface area contributed by atoms with Gasteiger partial charge in [0.25, 0.3) is 0 Å². The van der Waals surface area contributed by atoms with E-state index < -0.39 is 0 Å². The van der Waals surface area contributed by atoms with E-state index in [0.29, 0.717) is 12.6 Å². The molecular formula is C18H25BrN2. The quantitative estimate of drug-likeness (QED) is 0.702. The minimum absolute atomic E-state index is 0.330. The molecule has 0 amide bonds. The molecule has 0 aromatic heterocycles. The molecule has 1 saturated carbocycles. The first-order valence-corrected chi connectivity index (χ1v) is 8.66. The Morgan fingerprint density at radius 3 is 2.86 bits per heavy atom. The van der Waals surface area contributed by atoms with Gasteiger partial charge in [0.15, 0.2) is 0 Å². The SMILES string of the molecule is C#CCN(CC1CC1)c1ccc(Br)cc1C(C)NCCC. The fourth-order valence-corrected chi connectivity index (χ4v) is 2.98. The molecule has 1 aliphatic carbocycles. The number of hydrogen-bond donors (Lipinski definition) is 1. The van der Waals surface area contributed by atoms with Gasteiger partial charge >= 0.3 is 0 Å². The van der Waals surface area contributed by atoms with Gasteiger partial charge < -0.3 is 10.2 Å². The topological polar surface area (TPSA) is 15.3 Å². The van der Waals surface area contributed by atoms with Gasteiger partial charge in [0.1, 0.15) is 0 Å². The van der Waals surface area contributed by atoms with Crippen molar-refractivity contribution < 1.29 is 0 Å². The second kappa shape index (κ2) is 7.87. The molecule has 1 atom stereocenters. The van der Waals surface area contributed by atoms with E-state index in [0.717, 1.165) is 29.9 Å². The first kappa shape index (κ1) is 16.4. The molecule has 0 radical (unpaired) electrons. The highest BCUT2D eigenvalue weighted by atomic mass is 79.9. The van der Waals surface area contributed by atoms with Crippen LogP contribution in [-0.4, -0.2) is 19.6 Å². The average Bonchev–Trinajstić information content (AvgIpc) is 3.28. The molecule has 3 heteroatoms. The zero-order chi connectivity index (χ0) is 15.2. The Kier molecular flexibility index (Phi) is 6.14. The van der Waals surface area contributed by atoms with Crippen LogP contribution in [-0.2, 0) is 0 Å².